The van der Waals surface area contributed by atoms with Crippen LogP contribution in [0, 0.1) is 5.92 Å². The summed E-state index contributed by atoms with van der Waals surface area (Å²) in [4.78, 5) is 0. The molecule has 2 N–H and O–H groups in total. The highest BCUT2D eigenvalue weighted by molar-refractivity contribution is 4.88. The van der Waals surface area contributed by atoms with E-state index in [-0.39, 0.29) is 0 Å². The molecule has 0 bridgehead atoms. The molecule has 2 heteroatoms. The first-order valence-corrected chi connectivity index (χ1v) is 4.25. The Hall–Kier alpha value is -0.0800. The zero-order valence-corrected chi connectivity index (χ0v) is 6.25. The molecule has 3 atom stereocenters. The summed E-state index contributed by atoms with van der Waals surface area (Å²) in [5.41, 5.74) is 5.86. The van der Waals surface area contributed by atoms with Crippen molar-refractivity contribution in [2.75, 3.05) is 6.61 Å². The van der Waals surface area contributed by atoms with E-state index in [1.807, 2.05) is 0 Å². The van der Waals surface area contributed by atoms with Crippen LogP contribution in [0.5, 0.6) is 0 Å². The van der Waals surface area contributed by atoms with E-state index in [1.54, 1.807) is 0 Å². The number of fused-ring (bicyclic) bond motifs is 1. The van der Waals surface area contributed by atoms with Crippen LogP contribution in [0.4, 0.5) is 0 Å². The van der Waals surface area contributed by atoms with Gasteiger partial charge < -0.3 is 10.5 Å². The average molecular weight is 141 g/mol. The van der Waals surface area contributed by atoms with Crippen LogP contribution in [0.25, 0.3) is 0 Å². The van der Waals surface area contributed by atoms with E-state index in [4.69, 9.17) is 10.5 Å². The molecule has 0 aromatic rings. The number of nitrogens with two attached hydrogens (primary N) is 1. The molecule has 1 saturated heterocycles. The van der Waals surface area contributed by atoms with Gasteiger partial charge in [-0.05, 0) is 12.8 Å². The van der Waals surface area contributed by atoms with E-state index >= 15 is 0 Å². The zero-order chi connectivity index (χ0) is 6.97. The first kappa shape index (κ1) is 6.62. The molecule has 2 aliphatic rings. The van der Waals surface area contributed by atoms with Gasteiger partial charge in [0.05, 0.1) is 12.7 Å². The predicted molar refractivity (Wildman–Crippen MR) is 39.7 cm³/mol. The molecule has 1 aliphatic heterocycles. The molecule has 1 heterocycles. The van der Waals surface area contributed by atoms with E-state index in [0.29, 0.717) is 18.1 Å². The van der Waals surface area contributed by atoms with Gasteiger partial charge in [-0.3, -0.25) is 0 Å². The molecule has 2 nitrogen and oxygen atoms in total. The van der Waals surface area contributed by atoms with Crippen LogP contribution in [-0.4, -0.2) is 18.8 Å². The van der Waals surface area contributed by atoms with Crippen molar-refractivity contribution < 1.29 is 4.74 Å². The van der Waals surface area contributed by atoms with Crippen LogP contribution in [-0.2, 0) is 4.74 Å². The minimum absolute atomic E-state index is 0.338. The normalized spacial score (nSPS) is 47.1. The van der Waals surface area contributed by atoms with Crippen LogP contribution in [0.1, 0.15) is 25.7 Å². The van der Waals surface area contributed by atoms with E-state index in [2.05, 4.69) is 0 Å². The maximum absolute atomic E-state index is 5.86. The van der Waals surface area contributed by atoms with Crippen LogP contribution in [0.15, 0.2) is 0 Å². The summed E-state index contributed by atoms with van der Waals surface area (Å²) in [6.07, 6.45) is 5.76. The van der Waals surface area contributed by atoms with Gasteiger partial charge in [0.15, 0.2) is 0 Å². The third-order valence-corrected chi connectivity index (χ3v) is 2.81. The Morgan fingerprint density at radius 3 is 2.80 bits per heavy atom. The van der Waals surface area contributed by atoms with Crippen LogP contribution < -0.4 is 5.73 Å². The second-order valence-electron chi connectivity index (χ2n) is 3.48. The third kappa shape index (κ3) is 0.956. The monoisotopic (exact) mass is 141 g/mol. The summed E-state index contributed by atoms with van der Waals surface area (Å²) in [5, 5.41) is 0. The van der Waals surface area contributed by atoms with Gasteiger partial charge in [0.25, 0.3) is 0 Å². The van der Waals surface area contributed by atoms with Crippen LogP contribution in [0.3, 0.4) is 0 Å². The van der Waals surface area contributed by atoms with Gasteiger partial charge in [-0.1, -0.05) is 12.8 Å². The van der Waals surface area contributed by atoms with Crippen molar-refractivity contribution in [3.8, 4) is 0 Å². The van der Waals surface area contributed by atoms with E-state index < -0.39 is 0 Å². The Balaban J connectivity index is 2.01. The van der Waals surface area contributed by atoms with Crippen molar-refractivity contribution in [3.05, 3.63) is 0 Å². The van der Waals surface area contributed by atoms with Gasteiger partial charge in [-0.2, -0.15) is 0 Å². The Kier molecular flexibility index (Phi) is 1.66. The minimum atomic E-state index is 0.338. The SMILES string of the molecule is N[C@@H]1CO[C@H]2CCCC[C@H]12. The lowest BCUT2D eigenvalue weighted by Crippen LogP contribution is -2.33. The minimum Gasteiger partial charge on any atom is -0.376 e. The molecular formula is C8H15NO. The molecule has 1 aliphatic carbocycles. The highest BCUT2D eigenvalue weighted by atomic mass is 16.5. The van der Waals surface area contributed by atoms with E-state index in [9.17, 15) is 0 Å². The van der Waals surface area contributed by atoms with Crippen molar-refractivity contribution in [1.29, 1.82) is 0 Å². The molecule has 0 radical (unpaired) electrons. The molecule has 0 unspecified atom stereocenters. The van der Waals surface area contributed by atoms with Gasteiger partial charge in [0.2, 0.25) is 0 Å². The van der Waals surface area contributed by atoms with Gasteiger partial charge in [0.1, 0.15) is 0 Å². The van der Waals surface area contributed by atoms with Crippen molar-refractivity contribution in [1.82, 2.24) is 0 Å². The van der Waals surface area contributed by atoms with Gasteiger partial charge in [0, 0.05) is 12.0 Å². The van der Waals surface area contributed by atoms with Gasteiger partial charge >= 0.3 is 0 Å². The van der Waals surface area contributed by atoms with Crippen molar-refractivity contribution in [2.24, 2.45) is 11.7 Å². The van der Waals surface area contributed by atoms with Crippen LogP contribution in [0.2, 0.25) is 0 Å². The Bertz CT molecular complexity index is 124. The van der Waals surface area contributed by atoms with Crippen molar-refractivity contribution >= 4 is 0 Å². The Morgan fingerprint density at radius 1 is 1.20 bits per heavy atom. The second-order valence-corrected chi connectivity index (χ2v) is 3.48. The van der Waals surface area contributed by atoms with E-state index in [0.717, 1.165) is 6.61 Å². The molecule has 58 valence electrons. The van der Waals surface area contributed by atoms with Gasteiger partial charge in [-0.25, -0.2) is 0 Å². The molecule has 0 spiro atoms. The number of hydrogen-bond donors (Lipinski definition) is 1. The predicted octanol–water partition coefficient (Wildman–Crippen LogP) is 0.903. The molecule has 2 fully saturated rings. The van der Waals surface area contributed by atoms with Crippen LogP contribution >= 0.6 is 0 Å². The highest BCUT2D eigenvalue weighted by Crippen LogP contribution is 2.33. The maximum atomic E-state index is 5.86. The fourth-order valence-electron chi connectivity index (χ4n) is 2.18. The lowest BCUT2D eigenvalue weighted by Gasteiger charge is -2.25. The average Bonchev–Trinajstić information content (AvgIpc) is 2.34. The lowest BCUT2D eigenvalue weighted by molar-refractivity contribution is 0.0663. The molecule has 0 aromatic heterocycles. The second kappa shape index (κ2) is 2.51. The summed E-state index contributed by atoms with van der Waals surface area (Å²) in [6.45, 7) is 0.801. The smallest absolute Gasteiger partial charge is 0.0625 e. The standard InChI is InChI=1S/C8H15NO/c9-7-5-10-8-4-2-1-3-6(7)8/h6-8H,1-5,9H2/t6-,7-,8+/m1/s1. The third-order valence-electron chi connectivity index (χ3n) is 2.81. The summed E-state index contributed by atoms with van der Waals surface area (Å²) in [7, 11) is 0. The maximum Gasteiger partial charge on any atom is 0.0625 e. The summed E-state index contributed by atoms with van der Waals surface area (Å²) < 4.78 is 5.54. The Morgan fingerprint density at radius 2 is 2.00 bits per heavy atom. The summed E-state index contributed by atoms with van der Waals surface area (Å²) in [6, 6.07) is 0.338. The summed E-state index contributed by atoms with van der Waals surface area (Å²) in [5.74, 6) is 0.689. The quantitative estimate of drug-likeness (QED) is 0.544. The first-order valence-electron chi connectivity index (χ1n) is 4.25. The number of rotatable bonds is 0. The van der Waals surface area contributed by atoms with Gasteiger partial charge in [-0.15, -0.1) is 0 Å². The molecule has 10 heavy (non-hydrogen) atoms. The van der Waals surface area contributed by atoms with Crippen molar-refractivity contribution in [2.45, 2.75) is 37.8 Å². The molecular weight excluding hydrogens is 126 g/mol. The highest BCUT2D eigenvalue weighted by Gasteiger charge is 2.36. The first-order chi connectivity index (χ1) is 4.88. The fraction of sp³-hybridized carbons (Fsp3) is 1.00. The molecule has 0 aromatic carbocycles. The topological polar surface area (TPSA) is 35.2 Å². The Labute approximate surface area is 61.7 Å². The lowest BCUT2D eigenvalue weighted by atomic mass is 9.84. The van der Waals surface area contributed by atoms with Crippen molar-refractivity contribution in [3.63, 3.8) is 0 Å². The number of ether oxygens (including phenoxy) is 1. The number of hydrogen-bond acceptors (Lipinski definition) is 2. The fourth-order valence-corrected chi connectivity index (χ4v) is 2.18. The summed E-state index contributed by atoms with van der Waals surface area (Å²) >= 11 is 0. The molecule has 0 amide bonds. The van der Waals surface area contributed by atoms with E-state index in [1.165, 1.54) is 25.7 Å². The molecule has 2 rings (SSSR count). The zero-order valence-electron chi connectivity index (χ0n) is 6.25. The molecule has 1 saturated carbocycles. The largest absolute Gasteiger partial charge is 0.376 e.